The summed E-state index contributed by atoms with van der Waals surface area (Å²) < 4.78 is 0.123. The molecule has 0 fully saturated rings. The quantitative estimate of drug-likeness (QED) is 0.773. The first-order chi connectivity index (χ1) is 5.22. The third kappa shape index (κ3) is 2.76. The number of hydrogen-bond acceptors (Lipinski definition) is 3. The van der Waals surface area contributed by atoms with Crippen molar-refractivity contribution in [3.05, 3.63) is 18.5 Å². The molecule has 0 amide bonds. The van der Waals surface area contributed by atoms with E-state index in [1.807, 2.05) is 0 Å². The summed E-state index contributed by atoms with van der Waals surface area (Å²) in [5.41, 5.74) is 0. The summed E-state index contributed by atoms with van der Waals surface area (Å²) in [7, 11) is 0. The minimum Gasteiger partial charge on any atom is -0.225 e. The fraction of sp³-hybridized carbons (Fsp3) is 0.400. The van der Waals surface area contributed by atoms with Gasteiger partial charge in [0.15, 0.2) is 0 Å². The second-order valence-electron chi connectivity index (χ2n) is 1.73. The fourth-order valence-electron chi connectivity index (χ4n) is 0.503. The SMILES string of the molecule is BrC(Br)C(Br)c1ncncn1. The molecule has 0 aliphatic heterocycles. The van der Waals surface area contributed by atoms with Crippen LogP contribution in [0.5, 0.6) is 0 Å². The number of halogens is 3. The molecule has 0 aliphatic carbocycles. The van der Waals surface area contributed by atoms with Gasteiger partial charge < -0.3 is 0 Å². The van der Waals surface area contributed by atoms with Crippen LogP contribution >= 0.6 is 47.8 Å². The molecule has 6 heteroatoms. The molecule has 1 unspecified atom stereocenters. The summed E-state index contributed by atoms with van der Waals surface area (Å²) in [6.45, 7) is 0. The van der Waals surface area contributed by atoms with Crippen LogP contribution in [0.2, 0.25) is 0 Å². The van der Waals surface area contributed by atoms with E-state index in [-0.39, 0.29) is 8.56 Å². The maximum atomic E-state index is 3.97. The van der Waals surface area contributed by atoms with Crippen molar-refractivity contribution in [1.82, 2.24) is 15.0 Å². The molecule has 1 aromatic heterocycles. The van der Waals surface area contributed by atoms with Crippen molar-refractivity contribution in [2.24, 2.45) is 0 Å². The molecule has 3 nitrogen and oxygen atoms in total. The molecule has 11 heavy (non-hydrogen) atoms. The third-order valence-electron chi connectivity index (χ3n) is 0.981. The van der Waals surface area contributed by atoms with Crippen molar-refractivity contribution in [3.8, 4) is 0 Å². The summed E-state index contributed by atoms with van der Waals surface area (Å²) in [6.07, 6.45) is 2.94. The number of alkyl halides is 3. The van der Waals surface area contributed by atoms with Crippen LogP contribution in [-0.2, 0) is 0 Å². The monoisotopic (exact) mass is 343 g/mol. The number of aromatic nitrogens is 3. The minimum absolute atomic E-state index is 0.0606. The topological polar surface area (TPSA) is 38.7 Å². The molecule has 0 aromatic carbocycles. The molecule has 0 radical (unpaired) electrons. The van der Waals surface area contributed by atoms with Gasteiger partial charge in [0.2, 0.25) is 0 Å². The van der Waals surface area contributed by atoms with E-state index in [0.717, 1.165) is 0 Å². The van der Waals surface area contributed by atoms with Crippen LogP contribution in [-0.4, -0.2) is 18.7 Å². The molecule has 0 aliphatic rings. The molecule has 1 atom stereocenters. The lowest BCUT2D eigenvalue weighted by molar-refractivity contribution is 0.889. The third-order valence-corrected chi connectivity index (χ3v) is 4.40. The molecule has 0 N–H and O–H groups in total. The Kier molecular flexibility index (Phi) is 3.88. The highest BCUT2D eigenvalue weighted by molar-refractivity contribution is 9.25. The van der Waals surface area contributed by atoms with E-state index in [0.29, 0.717) is 5.82 Å². The van der Waals surface area contributed by atoms with E-state index in [9.17, 15) is 0 Å². The fourth-order valence-corrected chi connectivity index (χ4v) is 1.21. The van der Waals surface area contributed by atoms with Gasteiger partial charge in [0.05, 0.1) is 8.56 Å². The molecule has 0 bridgehead atoms. The number of hydrogen-bond donors (Lipinski definition) is 0. The van der Waals surface area contributed by atoms with E-state index in [4.69, 9.17) is 0 Å². The Balaban J connectivity index is 2.77. The lowest BCUT2D eigenvalue weighted by Gasteiger charge is -2.07. The Morgan fingerprint density at radius 2 is 1.64 bits per heavy atom. The predicted molar refractivity (Wildman–Crippen MR) is 53.1 cm³/mol. The second kappa shape index (κ2) is 4.47. The van der Waals surface area contributed by atoms with Gasteiger partial charge in [0.25, 0.3) is 0 Å². The molecular weight excluding hydrogens is 342 g/mol. The molecule has 0 saturated carbocycles. The van der Waals surface area contributed by atoms with Crippen LogP contribution in [0.1, 0.15) is 10.7 Å². The first-order valence-electron chi connectivity index (χ1n) is 2.76. The molecule has 1 heterocycles. The second-order valence-corrected chi connectivity index (χ2v) is 5.92. The molecule has 0 spiro atoms. The van der Waals surface area contributed by atoms with Crippen LogP contribution in [0.4, 0.5) is 0 Å². The first kappa shape index (κ1) is 9.54. The average molecular weight is 346 g/mol. The van der Waals surface area contributed by atoms with Crippen LogP contribution in [0.25, 0.3) is 0 Å². The van der Waals surface area contributed by atoms with Gasteiger partial charge in [-0.05, 0) is 0 Å². The van der Waals surface area contributed by atoms with Crippen LogP contribution in [0.15, 0.2) is 12.7 Å². The highest BCUT2D eigenvalue weighted by Gasteiger charge is 2.16. The van der Waals surface area contributed by atoms with Crippen LogP contribution in [0.3, 0.4) is 0 Å². The normalized spacial score (nSPS) is 13.5. The van der Waals surface area contributed by atoms with Crippen LogP contribution < -0.4 is 0 Å². The maximum absolute atomic E-state index is 3.97. The Morgan fingerprint density at radius 3 is 2.09 bits per heavy atom. The van der Waals surface area contributed by atoms with Gasteiger partial charge in [-0.1, -0.05) is 47.8 Å². The lowest BCUT2D eigenvalue weighted by Crippen LogP contribution is -2.03. The van der Waals surface area contributed by atoms with E-state index < -0.39 is 0 Å². The summed E-state index contributed by atoms with van der Waals surface area (Å²) in [6, 6.07) is 0. The lowest BCUT2D eigenvalue weighted by atomic mass is 10.4. The Bertz CT molecular complexity index is 215. The van der Waals surface area contributed by atoms with Crippen molar-refractivity contribution in [3.63, 3.8) is 0 Å². The minimum atomic E-state index is 0.0606. The molecule has 1 rings (SSSR count). The maximum Gasteiger partial charge on any atom is 0.147 e. The van der Waals surface area contributed by atoms with Crippen molar-refractivity contribution in [1.29, 1.82) is 0 Å². The van der Waals surface area contributed by atoms with Gasteiger partial charge in [-0.25, -0.2) is 15.0 Å². The van der Waals surface area contributed by atoms with Gasteiger partial charge in [0.1, 0.15) is 18.5 Å². The number of rotatable bonds is 2. The number of nitrogens with zero attached hydrogens (tertiary/aromatic N) is 3. The Morgan fingerprint density at radius 1 is 1.09 bits per heavy atom. The van der Waals surface area contributed by atoms with Gasteiger partial charge >= 0.3 is 0 Å². The van der Waals surface area contributed by atoms with Crippen molar-refractivity contribution >= 4 is 47.8 Å². The van der Waals surface area contributed by atoms with Crippen molar-refractivity contribution < 1.29 is 0 Å². The van der Waals surface area contributed by atoms with E-state index >= 15 is 0 Å². The summed E-state index contributed by atoms with van der Waals surface area (Å²) >= 11 is 10.1. The highest BCUT2D eigenvalue weighted by Crippen LogP contribution is 2.31. The summed E-state index contributed by atoms with van der Waals surface area (Å²) in [5, 5.41) is 0. The van der Waals surface area contributed by atoms with Crippen molar-refractivity contribution in [2.75, 3.05) is 0 Å². The first-order valence-corrected chi connectivity index (χ1v) is 5.50. The standard InChI is InChI=1S/C5H4Br3N3/c6-3(4(7)8)5-10-1-9-2-11-5/h1-4H. The predicted octanol–water partition coefficient (Wildman–Crippen LogP) is 2.42. The van der Waals surface area contributed by atoms with Gasteiger partial charge in [-0.15, -0.1) is 0 Å². The van der Waals surface area contributed by atoms with Gasteiger partial charge in [-0.3, -0.25) is 0 Å². The molecule has 60 valence electrons. The summed E-state index contributed by atoms with van der Waals surface area (Å²) in [5.74, 6) is 0.707. The zero-order chi connectivity index (χ0) is 8.27. The molecule has 0 saturated heterocycles. The smallest absolute Gasteiger partial charge is 0.147 e. The average Bonchev–Trinajstić information content (AvgIpc) is 2.05. The highest BCUT2D eigenvalue weighted by atomic mass is 79.9. The van der Waals surface area contributed by atoms with E-state index in [2.05, 4.69) is 62.7 Å². The zero-order valence-corrected chi connectivity index (χ0v) is 10.0. The molecular formula is C5H4Br3N3. The van der Waals surface area contributed by atoms with Crippen LogP contribution in [0, 0.1) is 0 Å². The van der Waals surface area contributed by atoms with Gasteiger partial charge in [-0.2, -0.15) is 0 Å². The Labute approximate surface area is 89.4 Å². The summed E-state index contributed by atoms with van der Waals surface area (Å²) in [4.78, 5) is 11.7. The largest absolute Gasteiger partial charge is 0.225 e. The molecule has 1 aromatic rings. The van der Waals surface area contributed by atoms with E-state index in [1.54, 1.807) is 0 Å². The van der Waals surface area contributed by atoms with Gasteiger partial charge in [0, 0.05) is 0 Å². The van der Waals surface area contributed by atoms with E-state index in [1.165, 1.54) is 12.7 Å². The van der Waals surface area contributed by atoms with Crippen molar-refractivity contribution in [2.45, 2.75) is 8.56 Å². The Hall–Kier alpha value is 0.450. The zero-order valence-electron chi connectivity index (χ0n) is 5.28.